The number of benzene rings is 1. The van der Waals surface area contributed by atoms with Gasteiger partial charge in [-0.05, 0) is 50.1 Å². The number of methoxy groups -OCH3 is 1. The van der Waals surface area contributed by atoms with E-state index in [2.05, 4.69) is 4.98 Å². The second-order valence-corrected chi connectivity index (χ2v) is 6.34. The minimum Gasteiger partial charge on any atom is -0.496 e. The summed E-state index contributed by atoms with van der Waals surface area (Å²) in [6.45, 7) is 6.42. The van der Waals surface area contributed by atoms with E-state index in [1.807, 2.05) is 44.2 Å². The van der Waals surface area contributed by atoms with Gasteiger partial charge in [-0.3, -0.25) is 13.9 Å². The van der Waals surface area contributed by atoms with E-state index in [9.17, 15) is 9.59 Å². The molecule has 0 bridgehead atoms. The van der Waals surface area contributed by atoms with Gasteiger partial charge in [-0.1, -0.05) is 12.1 Å². The Morgan fingerprint density at radius 3 is 2.41 bits per heavy atom. The number of hydrogen-bond donors (Lipinski definition) is 0. The summed E-state index contributed by atoms with van der Waals surface area (Å²) in [5.41, 5.74) is 2.26. The van der Waals surface area contributed by atoms with Gasteiger partial charge in [0.25, 0.3) is 5.56 Å². The van der Waals surface area contributed by atoms with Crippen LogP contribution in [-0.2, 0) is 20.1 Å². The molecule has 0 fully saturated rings. The Hall–Kier alpha value is -3.09. The molecule has 0 aliphatic rings. The third-order valence-electron chi connectivity index (χ3n) is 4.75. The second kappa shape index (κ2) is 7.26. The van der Waals surface area contributed by atoms with E-state index in [1.165, 1.54) is 9.13 Å². The van der Waals surface area contributed by atoms with Crippen molar-refractivity contribution >= 4 is 23.3 Å². The van der Waals surface area contributed by atoms with E-state index in [0.29, 0.717) is 30.1 Å². The topological polar surface area (TPSA) is 71.1 Å². The molecule has 0 radical (unpaired) electrons. The lowest BCUT2D eigenvalue weighted by Crippen LogP contribution is -2.39. The Kier molecular flexibility index (Phi) is 5.03. The predicted octanol–water partition coefficient (Wildman–Crippen LogP) is 2.42. The standard InChI is InChI=1S/C20H24N4O3/c1-6-23-18-17(19(25)24(7-2)20(23)26)22(4)16(21-18)11-9-14-8-10-15(27-5)13(3)12-14/h8-12H,6-7H2,1-5H3/b11-9+. The highest BCUT2D eigenvalue weighted by molar-refractivity contribution is 5.76. The van der Waals surface area contributed by atoms with E-state index in [0.717, 1.165) is 16.9 Å². The molecule has 0 aliphatic heterocycles. The first kappa shape index (κ1) is 18.7. The number of aromatic nitrogens is 4. The predicted molar refractivity (Wildman–Crippen MR) is 107 cm³/mol. The SMILES string of the molecule is CCn1c(=O)c2c(nc(/C=C/c3ccc(OC)c(C)c3)n2C)n(CC)c1=O. The smallest absolute Gasteiger partial charge is 0.332 e. The Morgan fingerprint density at radius 2 is 1.81 bits per heavy atom. The van der Waals surface area contributed by atoms with Crippen LogP contribution in [0.5, 0.6) is 5.75 Å². The minimum absolute atomic E-state index is 0.308. The molecule has 0 aliphatic carbocycles. The molecule has 0 atom stereocenters. The van der Waals surface area contributed by atoms with E-state index in [1.54, 1.807) is 25.6 Å². The molecule has 3 rings (SSSR count). The average Bonchev–Trinajstić information content (AvgIpc) is 2.97. The molecule has 0 saturated heterocycles. The first-order valence-corrected chi connectivity index (χ1v) is 8.95. The van der Waals surface area contributed by atoms with Gasteiger partial charge in [0.05, 0.1) is 7.11 Å². The maximum Gasteiger partial charge on any atom is 0.332 e. The third-order valence-corrected chi connectivity index (χ3v) is 4.75. The van der Waals surface area contributed by atoms with Gasteiger partial charge in [-0.25, -0.2) is 9.78 Å². The van der Waals surface area contributed by atoms with E-state index in [-0.39, 0.29) is 11.2 Å². The number of fused-ring (bicyclic) bond motifs is 1. The van der Waals surface area contributed by atoms with Crippen molar-refractivity contribution in [1.29, 1.82) is 0 Å². The monoisotopic (exact) mass is 368 g/mol. The summed E-state index contributed by atoms with van der Waals surface area (Å²) in [4.78, 5) is 29.8. The molecule has 0 unspecified atom stereocenters. The second-order valence-electron chi connectivity index (χ2n) is 6.34. The highest BCUT2D eigenvalue weighted by Gasteiger charge is 2.17. The zero-order valence-corrected chi connectivity index (χ0v) is 16.3. The molecule has 7 nitrogen and oxygen atoms in total. The molecule has 2 heterocycles. The van der Waals surface area contributed by atoms with Crippen molar-refractivity contribution in [1.82, 2.24) is 18.7 Å². The summed E-state index contributed by atoms with van der Waals surface area (Å²) in [6, 6.07) is 5.89. The number of aryl methyl sites for hydroxylation is 3. The fraction of sp³-hybridized carbons (Fsp3) is 0.350. The number of nitrogens with zero attached hydrogens (tertiary/aromatic N) is 4. The molecule has 0 amide bonds. The molecular weight excluding hydrogens is 344 g/mol. The molecule has 1 aromatic carbocycles. The van der Waals surface area contributed by atoms with Crippen LogP contribution in [0.3, 0.4) is 0 Å². The average molecular weight is 368 g/mol. The summed E-state index contributed by atoms with van der Waals surface area (Å²) in [5.74, 6) is 1.45. The molecule has 7 heteroatoms. The largest absolute Gasteiger partial charge is 0.496 e. The Bertz CT molecular complexity index is 1150. The highest BCUT2D eigenvalue weighted by atomic mass is 16.5. The zero-order chi connectivity index (χ0) is 19.7. The van der Waals surface area contributed by atoms with Crippen LogP contribution in [0, 0.1) is 6.92 Å². The van der Waals surface area contributed by atoms with E-state index < -0.39 is 0 Å². The lowest BCUT2D eigenvalue weighted by Gasteiger charge is -2.08. The van der Waals surface area contributed by atoms with Gasteiger partial charge < -0.3 is 9.30 Å². The summed E-state index contributed by atoms with van der Waals surface area (Å²) < 4.78 is 9.80. The van der Waals surface area contributed by atoms with Gasteiger partial charge >= 0.3 is 5.69 Å². The van der Waals surface area contributed by atoms with Crippen LogP contribution in [0.25, 0.3) is 23.3 Å². The van der Waals surface area contributed by atoms with Crippen molar-refractivity contribution in [3.8, 4) is 5.75 Å². The maximum atomic E-state index is 12.7. The summed E-state index contributed by atoms with van der Waals surface area (Å²) >= 11 is 0. The lowest BCUT2D eigenvalue weighted by atomic mass is 10.1. The van der Waals surface area contributed by atoms with Gasteiger partial charge in [-0.2, -0.15) is 0 Å². The number of ether oxygens (including phenoxy) is 1. The van der Waals surface area contributed by atoms with Gasteiger partial charge in [0.15, 0.2) is 11.2 Å². The normalized spacial score (nSPS) is 11.6. The van der Waals surface area contributed by atoms with Crippen molar-refractivity contribution in [3.63, 3.8) is 0 Å². The Balaban J connectivity index is 2.15. The molecule has 27 heavy (non-hydrogen) atoms. The molecular formula is C20H24N4O3. The van der Waals surface area contributed by atoms with Crippen LogP contribution in [0.2, 0.25) is 0 Å². The van der Waals surface area contributed by atoms with Crippen molar-refractivity contribution in [2.24, 2.45) is 7.05 Å². The van der Waals surface area contributed by atoms with Crippen LogP contribution >= 0.6 is 0 Å². The number of rotatable bonds is 5. The molecule has 0 N–H and O–H groups in total. The van der Waals surface area contributed by atoms with Crippen molar-refractivity contribution in [3.05, 3.63) is 56.0 Å². The fourth-order valence-electron chi connectivity index (χ4n) is 3.27. The van der Waals surface area contributed by atoms with Crippen LogP contribution in [0.4, 0.5) is 0 Å². The van der Waals surface area contributed by atoms with Crippen LogP contribution in [0.15, 0.2) is 27.8 Å². The van der Waals surface area contributed by atoms with Crippen molar-refractivity contribution in [2.75, 3.05) is 7.11 Å². The minimum atomic E-state index is -0.322. The van der Waals surface area contributed by atoms with Gasteiger partial charge in [0.2, 0.25) is 0 Å². The highest BCUT2D eigenvalue weighted by Crippen LogP contribution is 2.20. The lowest BCUT2D eigenvalue weighted by molar-refractivity contribution is 0.411. The first-order chi connectivity index (χ1) is 12.9. The van der Waals surface area contributed by atoms with Crippen molar-refractivity contribution < 1.29 is 4.74 Å². The maximum absolute atomic E-state index is 12.7. The van der Waals surface area contributed by atoms with Crippen LogP contribution in [-0.4, -0.2) is 25.8 Å². The Labute approximate surface area is 157 Å². The number of imidazole rings is 1. The first-order valence-electron chi connectivity index (χ1n) is 8.95. The summed E-state index contributed by atoms with van der Waals surface area (Å²) in [7, 11) is 3.44. The van der Waals surface area contributed by atoms with Crippen LogP contribution < -0.4 is 16.0 Å². The Morgan fingerprint density at radius 1 is 1.11 bits per heavy atom. The quantitative estimate of drug-likeness (QED) is 0.693. The van der Waals surface area contributed by atoms with E-state index in [4.69, 9.17) is 4.74 Å². The van der Waals surface area contributed by atoms with Gasteiger partial charge in [0, 0.05) is 20.1 Å². The third kappa shape index (κ3) is 3.09. The van der Waals surface area contributed by atoms with Gasteiger partial charge in [0.1, 0.15) is 11.6 Å². The molecule has 2 aromatic heterocycles. The fourth-order valence-corrected chi connectivity index (χ4v) is 3.27. The summed E-state index contributed by atoms with van der Waals surface area (Å²) in [6.07, 6.45) is 3.78. The van der Waals surface area contributed by atoms with Crippen molar-refractivity contribution in [2.45, 2.75) is 33.9 Å². The van der Waals surface area contributed by atoms with Crippen LogP contribution in [0.1, 0.15) is 30.8 Å². The molecule has 142 valence electrons. The molecule has 0 saturated carbocycles. The van der Waals surface area contributed by atoms with E-state index >= 15 is 0 Å². The summed E-state index contributed by atoms with van der Waals surface area (Å²) in [5, 5.41) is 0. The number of hydrogen-bond acceptors (Lipinski definition) is 4. The molecule has 3 aromatic rings. The zero-order valence-electron chi connectivity index (χ0n) is 16.3. The van der Waals surface area contributed by atoms with Gasteiger partial charge in [-0.15, -0.1) is 0 Å². The molecule has 0 spiro atoms.